The normalized spacial score (nSPS) is 30.7. The highest BCUT2D eigenvalue weighted by atomic mass is 16.4. The van der Waals surface area contributed by atoms with Crippen molar-refractivity contribution in [3.8, 4) is 0 Å². The molecule has 35 heavy (non-hydrogen) atoms. The van der Waals surface area contributed by atoms with Gasteiger partial charge in [0.2, 0.25) is 0 Å². The standard InChI is InChI=1S/C31H35NO3/c1-21-14-15-26(18-22(21)2)31(35)17-16-27(25-12-8-5-9-13-25)30(29(33)34)20-32(23(3)28(30)31)19-24-10-6-4-7-11-24/h4-15,18,23,27-28,35H,16-17,19-20H2,1-3H3,(H,33,34). The molecule has 1 aliphatic carbocycles. The summed E-state index contributed by atoms with van der Waals surface area (Å²) in [7, 11) is 0. The molecule has 3 aromatic rings. The van der Waals surface area contributed by atoms with Crippen molar-refractivity contribution in [2.75, 3.05) is 6.54 Å². The van der Waals surface area contributed by atoms with E-state index in [0.29, 0.717) is 25.9 Å². The van der Waals surface area contributed by atoms with Crippen molar-refractivity contribution in [2.24, 2.45) is 11.3 Å². The van der Waals surface area contributed by atoms with Crippen LogP contribution in [0.4, 0.5) is 0 Å². The molecular weight excluding hydrogens is 434 g/mol. The second kappa shape index (κ2) is 8.92. The summed E-state index contributed by atoms with van der Waals surface area (Å²) >= 11 is 0. The third-order valence-electron chi connectivity index (χ3n) is 8.86. The predicted molar refractivity (Wildman–Crippen MR) is 138 cm³/mol. The van der Waals surface area contributed by atoms with Crippen molar-refractivity contribution in [1.82, 2.24) is 4.90 Å². The van der Waals surface area contributed by atoms with E-state index in [2.05, 4.69) is 62.1 Å². The molecule has 2 aliphatic rings. The molecule has 0 bridgehead atoms. The van der Waals surface area contributed by atoms with Gasteiger partial charge in [-0.15, -0.1) is 0 Å². The smallest absolute Gasteiger partial charge is 0.312 e. The molecule has 0 aromatic heterocycles. The molecule has 4 nitrogen and oxygen atoms in total. The number of carboxylic acid groups (broad SMARTS) is 1. The minimum Gasteiger partial charge on any atom is -0.481 e. The second-order valence-corrected chi connectivity index (χ2v) is 10.7. The lowest BCUT2D eigenvalue weighted by Gasteiger charge is -2.52. The molecule has 5 rings (SSSR count). The molecule has 5 unspecified atom stereocenters. The van der Waals surface area contributed by atoms with E-state index in [-0.39, 0.29) is 12.0 Å². The third kappa shape index (κ3) is 3.80. The Hall–Kier alpha value is -2.95. The van der Waals surface area contributed by atoms with Gasteiger partial charge in [0, 0.05) is 31.0 Å². The number of aryl methyl sites for hydroxylation is 2. The summed E-state index contributed by atoms with van der Waals surface area (Å²) in [6.45, 7) is 7.31. The lowest BCUT2D eigenvalue weighted by molar-refractivity contribution is -0.172. The fourth-order valence-corrected chi connectivity index (χ4v) is 7.00. The molecule has 0 spiro atoms. The van der Waals surface area contributed by atoms with Crippen LogP contribution in [0, 0.1) is 25.2 Å². The Morgan fingerprint density at radius 1 is 0.971 bits per heavy atom. The van der Waals surface area contributed by atoms with Gasteiger partial charge in [0.1, 0.15) is 0 Å². The fraction of sp³-hybridized carbons (Fsp3) is 0.387. The number of rotatable bonds is 5. The first-order valence-corrected chi connectivity index (χ1v) is 12.6. The molecule has 5 atom stereocenters. The van der Waals surface area contributed by atoms with Gasteiger partial charge in [-0.3, -0.25) is 9.69 Å². The van der Waals surface area contributed by atoms with Gasteiger partial charge >= 0.3 is 5.97 Å². The first kappa shape index (κ1) is 23.8. The Morgan fingerprint density at radius 3 is 2.26 bits per heavy atom. The fourth-order valence-electron chi connectivity index (χ4n) is 7.00. The summed E-state index contributed by atoms with van der Waals surface area (Å²) in [5, 5.41) is 23.4. The Labute approximate surface area is 208 Å². The van der Waals surface area contributed by atoms with Gasteiger partial charge in [-0.25, -0.2) is 0 Å². The van der Waals surface area contributed by atoms with E-state index in [1.807, 2.05) is 42.5 Å². The molecule has 0 radical (unpaired) electrons. The first-order valence-electron chi connectivity index (χ1n) is 12.6. The number of aliphatic carboxylic acids is 1. The first-order chi connectivity index (χ1) is 16.8. The Kier molecular flexibility index (Phi) is 6.06. The number of aliphatic hydroxyl groups is 1. The molecule has 1 heterocycles. The number of carboxylic acids is 1. The van der Waals surface area contributed by atoms with E-state index < -0.39 is 22.9 Å². The predicted octanol–water partition coefficient (Wildman–Crippen LogP) is 5.66. The summed E-state index contributed by atoms with van der Waals surface area (Å²) in [6.07, 6.45) is 1.17. The minimum atomic E-state index is -1.22. The highest BCUT2D eigenvalue weighted by Crippen LogP contribution is 2.63. The van der Waals surface area contributed by atoms with Crippen LogP contribution in [0.15, 0.2) is 78.9 Å². The van der Waals surface area contributed by atoms with Crippen LogP contribution in [0.3, 0.4) is 0 Å². The van der Waals surface area contributed by atoms with E-state index in [4.69, 9.17) is 0 Å². The zero-order valence-corrected chi connectivity index (χ0v) is 20.8. The number of hydrogen-bond acceptors (Lipinski definition) is 3. The topological polar surface area (TPSA) is 60.8 Å². The third-order valence-corrected chi connectivity index (χ3v) is 8.86. The Balaban J connectivity index is 1.66. The second-order valence-electron chi connectivity index (χ2n) is 10.7. The zero-order valence-electron chi connectivity index (χ0n) is 20.8. The van der Waals surface area contributed by atoms with E-state index in [1.54, 1.807) is 0 Å². The summed E-state index contributed by atoms with van der Waals surface area (Å²) < 4.78 is 0. The quantitative estimate of drug-likeness (QED) is 0.506. The number of benzene rings is 3. The molecule has 0 amide bonds. The minimum absolute atomic E-state index is 0.107. The summed E-state index contributed by atoms with van der Waals surface area (Å²) in [5.41, 5.74) is 3.03. The maximum Gasteiger partial charge on any atom is 0.312 e. The van der Waals surface area contributed by atoms with Crippen LogP contribution in [0.1, 0.15) is 53.5 Å². The highest BCUT2D eigenvalue weighted by Gasteiger charge is 2.68. The van der Waals surface area contributed by atoms with Gasteiger partial charge in [0.15, 0.2) is 0 Å². The molecule has 3 aromatic carbocycles. The van der Waals surface area contributed by atoms with Gasteiger partial charge in [-0.1, -0.05) is 78.9 Å². The number of fused-ring (bicyclic) bond motifs is 1. The van der Waals surface area contributed by atoms with Gasteiger partial charge in [0.05, 0.1) is 11.0 Å². The average Bonchev–Trinajstić information content (AvgIpc) is 3.16. The zero-order chi connectivity index (χ0) is 24.8. The number of hydrogen-bond donors (Lipinski definition) is 2. The van der Waals surface area contributed by atoms with Gasteiger partial charge in [-0.05, 0) is 61.4 Å². The van der Waals surface area contributed by atoms with Crippen molar-refractivity contribution in [2.45, 2.75) is 57.7 Å². The van der Waals surface area contributed by atoms with Crippen LogP contribution in [0.25, 0.3) is 0 Å². The van der Waals surface area contributed by atoms with Crippen LogP contribution < -0.4 is 0 Å². The van der Waals surface area contributed by atoms with E-state index in [1.165, 1.54) is 5.56 Å². The lowest BCUT2D eigenvalue weighted by atomic mass is 9.52. The van der Waals surface area contributed by atoms with E-state index in [9.17, 15) is 15.0 Å². The highest BCUT2D eigenvalue weighted by molar-refractivity contribution is 5.78. The van der Waals surface area contributed by atoms with Crippen LogP contribution in [0.5, 0.6) is 0 Å². The monoisotopic (exact) mass is 469 g/mol. The van der Waals surface area contributed by atoms with Crippen LogP contribution in [0.2, 0.25) is 0 Å². The van der Waals surface area contributed by atoms with Crippen molar-refractivity contribution < 1.29 is 15.0 Å². The van der Waals surface area contributed by atoms with Gasteiger partial charge in [-0.2, -0.15) is 0 Å². The van der Waals surface area contributed by atoms with E-state index in [0.717, 1.165) is 22.3 Å². The Morgan fingerprint density at radius 2 is 1.63 bits per heavy atom. The van der Waals surface area contributed by atoms with E-state index >= 15 is 0 Å². The molecule has 182 valence electrons. The lowest BCUT2D eigenvalue weighted by Crippen LogP contribution is -2.57. The van der Waals surface area contributed by atoms with Crippen molar-refractivity contribution >= 4 is 5.97 Å². The summed E-state index contributed by atoms with van der Waals surface area (Å²) in [4.78, 5) is 15.7. The largest absolute Gasteiger partial charge is 0.481 e. The van der Waals surface area contributed by atoms with Gasteiger partial charge in [0.25, 0.3) is 0 Å². The van der Waals surface area contributed by atoms with Crippen molar-refractivity contribution in [3.05, 3.63) is 107 Å². The van der Waals surface area contributed by atoms with Crippen molar-refractivity contribution in [3.63, 3.8) is 0 Å². The number of carbonyl (C=O) groups is 1. The summed E-state index contributed by atoms with van der Waals surface area (Å²) in [5.74, 6) is -1.42. The molecule has 1 saturated carbocycles. The number of likely N-dealkylation sites (tertiary alicyclic amines) is 1. The molecular formula is C31H35NO3. The van der Waals surface area contributed by atoms with Crippen LogP contribution >= 0.6 is 0 Å². The Bertz CT molecular complexity index is 1210. The summed E-state index contributed by atoms with van der Waals surface area (Å²) in [6, 6.07) is 26.3. The van der Waals surface area contributed by atoms with Crippen molar-refractivity contribution in [1.29, 1.82) is 0 Å². The van der Waals surface area contributed by atoms with Gasteiger partial charge < -0.3 is 10.2 Å². The average molecular weight is 470 g/mol. The number of nitrogens with zero attached hydrogens (tertiary/aromatic N) is 1. The molecule has 2 N–H and O–H groups in total. The molecule has 2 fully saturated rings. The maximum absolute atomic E-state index is 13.4. The van der Waals surface area contributed by atoms with Crippen LogP contribution in [-0.4, -0.2) is 33.7 Å². The maximum atomic E-state index is 13.4. The molecule has 1 saturated heterocycles. The molecule has 4 heteroatoms. The SMILES string of the molecule is Cc1ccc(C2(O)CCC(c3ccccc3)C3(C(=O)O)CN(Cc4ccccc4)C(C)C23)cc1C. The molecule has 1 aliphatic heterocycles. The van der Waals surface area contributed by atoms with Crippen LogP contribution in [-0.2, 0) is 16.9 Å².